The molecule has 1 fully saturated rings. The molecule has 0 radical (unpaired) electrons. The molecule has 148 valence electrons. The second-order valence-electron chi connectivity index (χ2n) is 10.6. The van der Waals surface area contributed by atoms with E-state index in [4.69, 9.17) is 8.85 Å². The fraction of sp³-hybridized carbons (Fsp3) is 0.895. The van der Waals surface area contributed by atoms with E-state index in [-0.39, 0.29) is 28.7 Å². The largest absolute Gasteiger partial charge is 0.413 e. The maximum atomic E-state index is 16.0. The summed E-state index contributed by atoms with van der Waals surface area (Å²) in [5, 5.41) is 10.2. The topological polar surface area (TPSA) is 38.7 Å². The lowest BCUT2D eigenvalue weighted by molar-refractivity contribution is 0.00804. The Morgan fingerprint density at radius 3 is 1.92 bits per heavy atom. The standard InChI is InChI=1S/C19H39FO3Si2/c1-14-15(21)12-16(23-25(10,11)18(5,6)7)19(14,20)13-22-24(8,9)17(2,3)4/h15-16,21H,1,12-13H2,2-11H3/t15-,16?,19-/m1/s1. The molecule has 1 N–H and O–H groups in total. The van der Waals surface area contributed by atoms with Gasteiger partial charge >= 0.3 is 0 Å². The van der Waals surface area contributed by atoms with Crippen LogP contribution in [0.4, 0.5) is 4.39 Å². The minimum atomic E-state index is -2.17. The maximum Gasteiger partial charge on any atom is 0.192 e. The average Bonchev–Trinajstić information content (AvgIpc) is 2.59. The molecule has 6 heteroatoms. The first-order chi connectivity index (χ1) is 10.9. The van der Waals surface area contributed by atoms with E-state index in [0.717, 1.165) is 0 Å². The second-order valence-corrected chi connectivity index (χ2v) is 20.1. The van der Waals surface area contributed by atoms with Crippen molar-refractivity contribution in [1.82, 2.24) is 0 Å². The third-order valence-electron chi connectivity index (χ3n) is 6.58. The Bertz CT molecular complexity index is 506. The van der Waals surface area contributed by atoms with Crippen LogP contribution in [0.5, 0.6) is 0 Å². The highest BCUT2D eigenvalue weighted by Crippen LogP contribution is 2.47. The first-order valence-electron chi connectivity index (χ1n) is 9.23. The summed E-state index contributed by atoms with van der Waals surface area (Å²) >= 11 is 0. The lowest BCUT2D eigenvalue weighted by atomic mass is 9.99. The lowest BCUT2D eigenvalue weighted by Gasteiger charge is -2.43. The zero-order chi connectivity index (χ0) is 20.1. The van der Waals surface area contributed by atoms with E-state index in [1.165, 1.54) is 0 Å². The van der Waals surface area contributed by atoms with Crippen LogP contribution in [0.3, 0.4) is 0 Å². The van der Waals surface area contributed by atoms with Crippen molar-refractivity contribution in [2.75, 3.05) is 6.61 Å². The highest BCUT2D eigenvalue weighted by molar-refractivity contribution is 6.74. The molecule has 0 heterocycles. The molecule has 1 unspecified atom stereocenters. The van der Waals surface area contributed by atoms with Crippen molar-refractivity contribution in [3.8, 4) is 0 Å². The number of rotatable bonds is 5. The molecule has 3 atom stereocenters. The van der Waals surface area contributed by atoms with Crippen molar-refractivity contribution in [3.05, 3.63) is 12.2 Å². The number of alkyl halides is 1. The Kier molecular flexibility index (Phi) is 6.32. The van der Waals surface area contributed by atoms with Gasteiger partial charge in [-0.15, -0.1) is 0 Å². The minimum absolute atomic E-state index is 0.00228. The molecule has 0 aromatic rings. The molecule has 0 bridgehead atoms. The van der Waals surface area contributed by atoms with Crippen LogP contribution in [0.2, 0.25) is 36.3 Å². The minimum Gasteiger partial charge on any atom is -0.413 e. The molecular weight excluding hydrogens is 351 g/mol. The summed E-state index contributed by atoms with van der Waals surface area (Å²) in [6, 6.07) is 0. The van der Waals surface area contributed by atoms with Gasteiger partial charge in [0.15, 0.2) is 22.3 Å². The molecular formula is C19H39FO3Si2. The molecule has 0 aliphatic heterocycles. The fourth-order valence-corrected chi connectivity index (χ4v) is 4.73. The van der Waals surface area contributed by atoms with Crippen LogP contribution in [0.15, 0.2) is 12.2 Å². The predicted octanol–water partition coefficient (Wildman–Crippen LogP) is 5.43. The molecule has 1 saturated carbocycles. The Balaban J connectivity index is 3.05. The highest BCUT2D eigenvalue weighted by atomic mass is 28.4. The summed E-state index contributed by atoms with van der Waals surface area (Å²) in [4.78, 5) is 0. The summed E-state index contributed by atoms with van der Waals surface area (Å²) in [6.45, 7) is 25.0. The van der Waals surface area contributed by atoms with Crippen molar-refractivity contribution in [1.29, 1.82) is 0 Å². The van der Waals surface area contributed by atoms with E-state index in [1.807, 2.05) is 0 Å². The van der Waals surface area contributed by atoms with Crippen LogP contribution in [-0.2, 0) is 8.85 Å². The Labute approximate surface area is 156 Å². The summed E-state index contributed by atoms with van der Waals surface area (Å²) in [6.07, 6.45) is -1.31. The third-order valence-corrected chi connectivity index (χ3v) is 15.5. The Morgan fingerprint density at radius 2 is 1.52 bits per heavy atom. The number of hydrogen-bond donors (Lipinski definition) is 1. The van der Waals surface area contributed by atoms with Crippen LogP contribution in [0, 0.1) is 0 Å². The van der Waals surface area contributed by atoms with Crippen LogP contribution in [-0.4, -0.2) is 46.2 Å². The molecule has 0 aromatic carbocycles. The van der Waals surface area contributed by atoms with Gasteiger partial charge in [0.1, 0.15) is 0 Å². The van der Waals surface area contributed by atoms with Gasteiger partial charge in [-0.25, -0.2) is 4.39 Å². The van der Waals surface area contributed by atoms with Gasteiger partial charge in [0.05, 0.1) is 18.8 Å². The predicted molar refractivity (Wildman–Crippen MR) is 109 cm³/mol. The summed E-state index contributed by atoms with van der Waals surface area (Å²) in [5.41, 5.74) is -1.63. The first kappa shape index (κ1) is 23.0. The smallest absolute Gasteiger partial charge is 0.192 e. The highest BCUT2D eigenvalue weighted by Gasteiger charge is 2.56. The Morgan fingerprint density at radius 1 is 1.08 bits per heavy atom. The summed E-state index contributed by atoms with van der Waals surface area (Å²) < 4.78 is 28.5. The van der Waals surface area contributed by atoms with Gasteiger partial charge < -0.3 is 14.0 Å². The fourth-order valence-electron chi connectivity index (χ4n) is 2.38. The van der Waals surface area contributed by atoms with Crippen molar-refractivity contribution in [2.24, 2.45) is 0 Å². The van der Waals surface area contributed by atoms with Crippen molar-refractivity contribution >= 4 is 16.6 Å². The van der Waals surface area contributed by atoms with E-state index in [0.29, 0.717) is 0 Å². The van der Waals surface area contributed by atoms with Gasteiger partial charge in [0, 0.05) is 6.42 Å². The normalized spacial score (nSPS) is 29.4. The molecule has 1 aliphatic carbocycles. The van der Waals surface area contributed by atoms with E-state index >= 15 is 4.39 Å². The van der Waals surface area contributed by atoms with E-state index in [9.17, 15) is 5.11 Å². The molecule has 0 spiro atoms. The number of aliphatic hydroxyl groups excluding tert-OH is 1. The van der Waals surface area contributed by atoms with Crippen molar-refractivity contribution in [2.45, 2.75) is 102 Å². The molecule has 1 rings (SSSR count). The van der Waals surface area contributed by atoms with Crippen LogP contribution >= 0.6 is 0 Å². The molecule has 3 nitrogen and oxygen atoms in total. The average molecular weight is 391 g/mol. The first-order valence-corrected chi connectivity index (χ1v) is 15.0. The van der Waals surface area contributed by atoms with Gasteiger partial charge in [0.2, 0.25) is 0 Å². The molecule has 0 amide bonds. The molecule has 25 heavy (non-hydrogen) atoms. The van der Waals surface area contributed by atoms with E-state index in [2.05, 4.69) is 74.3 Å². The summed E-state index contributed by atoms with van der Waals surface area (Å²) in [7, 11) is -4.27. The van der Waals surface area contributed by atoms with Crippen molar-refractivity contribution < 1.29 is 18.3 Å². The van der Waals surface area contributed by atoms with Gasteiger partial charge in [-0.2, -0.15) is 0 Å². The van der Waals surface area contributed by atoms with Gasteiger partial charge in [-0.3, -0.25) is 0 Å². The molecule has 1 aliphatic rings. The van der Waals surface area contributed by atoms with Crippen LogP contribution in [0.25, 0.3) is 0 Å². The molecule has 0 saturated heterocycles. The summed E-state index contributed by atoms with van der Waals surface area (Å²) in [5.74, 6) is 0. The molecule has 0 aromatic heterocycles. The zero-order valence-corrected chi connectivity index (χ0v) is 19.9. The van der Waals surface area contributed by atoms with Gasteiger partial charge in [-0.1, -0.05) is 48.1 Å². The Hall–Kier alpha value is -0.0162. The second kappa shape index (κ2) is 6.86. The van der Waals surface area contributed by atoms with Crippen LogP contribution < -0.4 is 0 Å². The zero-order valence-electron chi connectivity index (χ0n) is 17.9. The van der Waals surface area contributed by atoms with E-state index in [1.54, 1.807) is 0 Å². The SMILES string of the molecule is C=C1[C@H](O)CC(O[Si](C)(C)C(C)(C)C)[C@@]1(F)CO[Si](C)(C)C(C)(C)C. The van der Waals surface area contributed by atoms with Crippen molar-refractivity contribution in [3.63, 3.8) is 0 Å². The number of halogens is 1. The quantitative estimate of drug-likeness (QED) is 0.502. The van der Waals surface area contributed by atoms with Gasteiger partial charge in [0.25, 0.3) is 0 Å². The third kappa shape index (κ3) is 4.64. The number of aliphatic hydroxyl groups is 1. The maximum absolute atomic E-state index is 16.0. The van der Waals surface area contributed by atoms with Gasteiger partial charge in [-0.05, 0) is 41.8 Å². The number of hydrogen-bond acceptors (Lipinski definition) is 3. The lowest BCUT2D eigenvalue weighted by Crippen LogP contribution is -2.52. The monoisotopic (exact) mass is 390 g/mol. The van der Waals surface area contributed by atoms with E-state index < -0.39 is 34.5 Å². The van der Waals surface area contributed by atoms with Crippen LogP contribution in [0.1, 0.15) is 48.0 Å².